The van der Waals surface area contributed by atoms with Crippen molar-refractivity contribution in [3.05, 3.63) is 70.8 Å². The Kier molecular flexibility index (Phi) is 5.84. The van der Waals surface area contributed by atoms with Crippen molar-refractivity contribution >= 4 is 17.8 Å². The maximum atomic E-state index is 12.7. The maximum Gasteiger partial charge on any atom is 0.338 e. The maximum absolute atomic E-state index is 12.7. The fourth-order valence-electron chi connectivity index (χ4n) is 3.29. The summed E-state index contributed by atoms with van der Waals surface area (Å²) in [7, 11) is 0. The van der Waals surface area contributed by atoms with E-state index in [9.17, 15) is 14.4 Å². The molecule has 0 aliphatic carbocycles. The first-order valence-corrected chi connectivity index (χ1v) is 9.56. The summed E-state index contributed by atoms with van der Waals surface area (Å²) < 4.78 is 11.0. The number of hydrogen-bond acceptors (Lipinski definition) is 5. The molecule has 1 aliphatic rings. The highest BCUT2D eigenvalue weighted by Crippen LogP contribution is 2.29. The molecular weight excluding hydrogens is 370 g/mol. The lowest BCUT2D eigenvalue weighted by molar-refractivity contribution is 0.0116. The largest absolute Gasteiger partial charge is 0.459 e. The SMILES string of the molecule is CC(C)OC(=O)c1cccc(COCC(C)(C)N2C(=O)c3ccccc3C2=O)c1. The fourth-order valence-corrected chi connectivity index (χ4v) is 3.29. The van der Waals surface area contributed by atoms with Gasteiger partial charge in [-0.3, -0.25) is 14.5 Å². The van der Waals surface area contributed by atoms with Gasteiger partial charge in [0.1, 0.15) is 0 Å². The van der Waals surface area contributed by atoms with Crippen molar-refractivity contribution in [2.45, 2.75) is 45.9 Å². The van der Waals surface area contributed by atoms with Gasteiger partial charge in [-0.15, -0.1) is 0 Å². The number of esters is 1. The predicted octanol–water partition coefficient (Wildman–Crippen LogP) is 3.84. The molecule has 2 aromatic carbocycles. The van der Waals surface area contributed by atoms with Gasteiger partial charge < -0.3 is 9.47 Å². The van der Waals surface area contributed by atoms with Crippen molar-refractivity contribution in [2.75, 3.05) is 6.61 Å². The Bertz CT molecular complexity index is 913. The lowest BCUT2D eigenvalue weighted by Crippen LogP contribution is -2.50. The quantitative estimate of drug-likeness (QED) is 0.526. The van der Waals surface area contributed by atoms with Gasteiger partial charge in [-0.2, -0.15) is 0 Å². The highest BCUT2D eigenvalue weighted by atomic mass is 16.5. The average molecular weight is 395 g/mol. The number of benzene rings is 2. The van der Waals surface area contributed by atoms with Crippen LogP contribution in [0.15, 0.2) is 48.5 Å². The zero-order chi connectivity index (χ0) is 21.2. The molecule has 6 heteroatoms. The summed E-state index contributed by atoms with van der Waals surface area (Å²) in [5.41, 5.74) is 1.28. The van der Waals surface area contributed by atoms with E-state index in [2.05, 4.69) is 0 Å². The molecule has 2 aromatic rings. The molecule has 152 valence electrons. The number of nitrogens with zero attached hydrogens (tertiary/aromatic N) is 1. The second-order valence-electron chi connectivity index (χ2n) is 7.95. The Hall–Kier alpha value is -2.99. The fraction of sp³-hybridized carbons (Fsp3) is 0.348. The molecule has 3 rings (SSSR count). The van der Waals surface area contributed by atoms with E-state index >= 15 is 0 Å². The van der Waals surface area contributed by atoms with E-state index in [1.165, 1.54) is 4.90 Å². The van der Waals surface area contributed by atoms with Crippen LogP contribution >= 0.6 is 0 Å². The molecule has 0 bridgehead atoms. The topological polar surface area (TPSA) is 72.9 Å². The Balaban J connectivity index is 1.64. The summed E-state index contributed by atoms with van der Waals surface area (Å²) in [5.74, 6) is -0.997. The van der Waals surface area contributed by atoms with E-state index in [1.54, 1.807) is 70.2 Å². The zero-order valence-corrected chi connectivity index (χ0v) is 17.1. The van der Waals surface area contributed by atoms with Crippen LogP contribution in [0.4, 0.5) is 0 Å². The van der Waals surface area contributed by atoms with Gasteiger partial charge in [-0.1, -0.05) is 24.3 Å². The van der Waals surface area contributed by atoms with Crippen molar-refractivity contribution < 1.29 is 23.9 Å². The number of amides is 2. The summed E-state index contributed by atoms with van der Waals surface area (Å²) in [5, 5.41) is 0. The number of hydrogen-bond donors (Lipinski definition) is 0. The van der Waals surface area contributed by atoms with Crippen LogP contribution < -0.4 is 0 Å². The Morgan fingerprint density at radius 2 is 1.62 bits per heavy atom. The van der Waals surface area contributed by atoms with Crippen LogP contribution in [-0.4, -0.2) is 40.9 Å². The lowest BCUT2D eigenvalue weighted by atomic mass is 10.0. The third kappa shape index (κ3) is 4.38. The van der Waals surface area contributed by atoms with E-state index in [4.69, 9.17) is 9.47 Å². The third-order valence-corrected chi connectivity index (χ3v) is 4.63. The minimum atomic E-state index is -0.818. The molecule has 0 saturated carbocycles. The van der Waals surface area contributed by atoms with Gasteiger partial charge in [-0.25, -0.2) is 4.79 Å². The molecular formula is C23H25NO5. The van der Waals surface area contributed by atoms with Crippen LogP contribution in [0.25, 0.3) is 0 Å². The number of rotatable bonds is 7. The van der Waals surface area contributed by atoms with Gasteiger partial charge in [0.25, 0.3) is 11.8 Å². The van der Waals surface area contributed by atoms with E-state index < -0.39 is 5.54 Å². The molecule has 0 unspecified atom stereocenters. The monoisotopic (exact) mass is 395 g/mol. The first-order chi connectivity index (χ1) is 13.7. The first kappa shape index (κ1) is 20.7. The molecule has 1 heterocycles. The van der Waals surface area contributed by atoms with Crippen molar-refractivity contribution in [1.29, 1.82) is 0 Å². The number of fused-ring (bicyclic) bond motifs is 1. The van der Waals surface area contributed by atoms with Crippen LogP contribution in [0.1, 0.15) is 64.3 Å². The van der Waals surface area contributed by atoms with Crippen molar-refractivity contribution in [2.24, 2.45) is 0 Å². The minimum Gasteiger partial charge on any atom is -0.459 e. The molecule has 1 aliphatic heterocycles. The number of carbonyl (C=O) groups is 3. The Morgan fingerprint density at radius 1 is 1.00 bits per heavy atom. The molecule has 0 atom stereocenters. The Labute approximate surface area is 170 Å². The molecule has 0 N–H and O–H groups in total. The highest BCUT2D eigenvalue weighted by molar-refractivity contribution is 6.21. The minimum absolute atomic E-state index is 0.166. The number of imide groups is 1. The average Bonchev–Trinajstić information content (AvgIpc) is 2.93. The number of carbonyl (C=O) groups excluding carboxylic acids is 3. The van der Waals surface area contributed by atoms with Gasteiger partial charge in [-0.05, 0) is 57.5 Å². The molecule has 0 saturated heterocycles. The molecule has 6 nitrogen and oxygen atoms in total. The van der Waals surface area contributed by atoms with Crippen LogP contribution in [-0.2, 0) is 16.1 Å². The molecule has 2 amide bonds. The van der Waals surface area contributed by atoms with Crippen molar-refractivity contribution in [1.82, 2.24) is 4.90 Å². The van der Waals surface area contributed by atoms with Gasteiger partial charge in [0.2, 0.25) is 0 Å². The first-order valence-electron chi connectivity index (χ1n) is 9.56. The van der Waals surface area contributed by atoms with E-state index in [-0.39, 0.29) is 37.1 Å². The second kappa shape index (κ2) is 8.17. The van der Waals surface area contributed by atoms with Gasteiger partial charge in [0, 0.05) is 0 Å². The standard InChI is InChI=1S/C23H25NO5/c1-15(2)29-22(27)17-9-7-8-16(12-17)13-28-14-23(3,4)24-20(25)18-10-5-6-11-19(18)21(24)26/h5-12,15H,13-14H2,1-4H3. The van der Waals surface area contributed by atoms with Crippen LogP contribution in [0.5, 0.6) is 0 Å². The Morgan fingerprint density at radius 3 is 2.21 bits per heavy atom. The van der Waals surface area contributed by atoms with Crippen molar-refractivity contribution in [3.8, 4) is 0 Å². The van der Waals surface area contributed by atoms with Gasteiger partial charge in [0.15, 0.2) is 0 Å². The summed E-state index contributed by atoms with van der Waals surface area (Å²) in [6, 6.07) is 13.8. The zero-order valence-electron chi connectivity index (χ0n) is 17.1. The predicted molar refractivity (Wildman–Crippen MR) is 108 cm³/mol. The summed E-state index contributed by atoms with van der Waals surface area (Å²) in [6.07, 6.45) is -0.192. The van der Waals surface area contributed by atoms with Crippen LogP contribution in [0.3, 0.4) is 0 Å². The van der Waals surface area contributed by atoms with Gasteiger partial charge in [0.05, 0.1) is 41.5 Å². The summed E-state index contributed by atoms with van der Waals surface area (Å²) in [4.78, 5) is 38.7. The molecule has 0 fully saturated rings. The van der Waals surface area contributed by atoms with E-state index in [0.29, 0.717) is 16.7 Å². The smallest absolute Gasteiger partial charge is 0.338 e. The van der Waals surface area contributed by atoms with Crippen LogP contribution in [0.2, 0.25) is 0 Å². The van der Waals surface area contributed by atoms with Crippen molar-refractivity contribution in [3.63, 3.8) is 0 Å². The molecule has 0 radical (unpaired) electrons. The lowest BCUT2D eigenvalue weighted by Gasteiger charge is -2.33. The summed E-state index contributed by atoms with van der Waals surface area (Å²) in [6.45, 7) is 7.60. The third-order valence-electron chi connectivity index (χ3n) is 4.63. The number of ether oxygens (including phenoxy) is 2. The van der Waals surface area contributed by atoms with Gasteiger partial charge >= 0.3 is 5.97 Å². The highest BCUT2D eigenvalue weighted by Gasteiger charge is 2.43. The second-order valence-corrected chi connectivity index (χ2v) is 7.95. The molecule has 0 aromatic heterocycles. The van der Waals surface area contributed by atoms with Crippen LogP contribution in [0, 0.1) is 0 Å². The molecule has 29 heavy (non-hydrogen) atoms. The molecule has 0 spiro atoms. The normalized spacial score (nSPS) is 13.8. The summed E-state index contributed by atoms with van der Waals surface area (Å²) >= 11 is 0. The van der Waals surface area contributed by atoms with E-state index in [1.807, 2.05) is 6.07 Å². The van der Waals surface area contributed by atoms with E-state index in [0.717, 1.165) is 5.56 Å².